The van der Waals surface area contributed by atoms with Gasteiger partial charge in [0.2, 0.25) is 0 Å². The van der Waals surface area contributed by atoms with Gasteiger partial charge in [-0.25, -0.2) is 20.3 Å². The normalized spacial score (nSPS) is 5.33. The van der Waals surface area contributed by atoms with Gasteiger partial charge >= 0.3 is 17.3 Å². The maximum Gasteiger partial charge on any atom is 0.524 e. The Hall–Kier alpha value is 3.98. The average Bonchev–Trinajstić information content (AvgIpc) is 1.41. The van der Waals surface area contributed by atoms with Crippen molar-refractivity contribution in [1.82, 2.24) is 0 Å². The third-order valence-electron chi connectivity index (χ3n) is 0. The standard InChI is InChI=1S/2Al.4HI.2H/h;;4*1H;;/q+1;+3;;;;;;/p-4. The molecule has 0 spiro atoms. The first-order valence-electron chi connectivity index (χ1n) is 1.03. The molecule has 0 heterocycles. The monoisotopic (exact) mass is 564 g/mol. The van der Waals surface area contributed by atoms with Crippen molar-refractivity contribution in [1.29, 1.82) is 0 Å². The van der Waals surface area contributed by atoms with Gasteiger partial charge in [-0.2, -0.15) is 60.8 Å². The maximum absolute atomic E-state index is 2.46. The van der Waals surface area contributed by atoms with Crippen molar-refractivity contribution < 1.29 is 0 Å². The number of hydrogen-bond acceptors (Lipinski definition) is 0. The molecule has 6 heavy (non-hydrogen) atoms. The minimum atomic E-state index is -0.229. The van der Waals surface area contributed by atoms with E-state index < -0.39 is 0 Å². The fourth-order valence-corrected chi connectivity index (χ4v) is 0. The molecular formula is H2Al2I4. The van der Waals surface area contributed by atoms with E-state index in [9.17, 15) is 0 Å². The van der Waals surface area contributed by atoms with Crippen LogP contribution in [0.15, 0.2) is 0 Å². The molecule has 0 bridgehead atoms. The first-order chi connectivity index (χ1) is 2.73. The highest BCUT2D eigenvalue weighted by Gasteiger charge is 1.94. The molecule has 0 saturated heterocycles. The molecule has 0 unspecified atom stereocenters. The lowest BCUT2D eigenvalue weighted by Crippen LogP contribution is -1.59. The van der Waals surface area contributed by atoms with Gasteiger partial charge in [0.1, 0.15) is 0 Å². The van der Waals surface area contributed by atoms with Crippen LogP contribution in [0.25, 0.3) is 0 Å². The zero-order chi connectivity index (χ0) is 5.58. The van der Waals surface area contributed by atoms with Crippen molar-refractivity contribution in [3.63, 3.8) is 0 Å². The molecule has 0 nitrogen and oxygen atoms in total. The van der Waals surface area contributed by atoms with E-state index in [-0.39, 0.29) is 4.30 Å². The summed E-state index contributed by atoms with van der Waals surface area (Å²) in [7, 11) is 0. The zero-order valence-electron chi connectivity index (χ0n) is 3.09. The highest BCUT2D eigenvalue weighted by Crippen LogP contribution is 2.10. The number of rotatable bonds is 0. The van der Waals surface area contributed by atoms with Gasteiger partial charge in [0.25, 0.3) is 0 Å². The smallest absolute Gasteiger partial charge is 0.222 e. The summed E-state index contributed by atoms with van der Waals surface area (Å²) in [6.45, 7) is 0. The van der Waals surface area contributed by atoms with Gasteiger partial charge in [-0.05, 0) is 0 Å². The largest absolute Gasteiger partial charge is 0.524 e. The molecule has 0 amide bonds. The Bertz CT molecular complexity index is 10.3. The second-order valence-corrected chi connectivity index (χ2v) is 33.4. The van der Waals surface area contributed by atoms with Crippen LogP contribution in [-0.2, 0) is 0 Å². The second kappa shape index (κ2) is 11.7. The first kappa shape index (κ1) is 12.6. The van der Waals surface area contributed by atoms with Crippen LogP contribution in [0.3, 0.4) is 0 Å². The molecule has 0 aliphatic heterocycles. The lowest BCUT2D eigenvalue weighted by Gasteiger charge is -1.59. The Balaban J connectivity index is 0. The van der Waals surface area contributed by atoms with Crippen molar-refractivity contribution in [3.05, 3.63) is 0 Å². The molecule has 6 heteroatoms. The molecule has 0 N–H and O–H groups in total. The molecule has 0 atom stereocenters. The van der Waals surface area contributed by atoms with Crippen LogP contribution in [0.4, 0.5) is 0 Å². The number of halogens is 4. The Kier molecular flexibility index (Phi) is 24.7. The Morgan fingerprint density at radius 3 is 1.00 bits per heavy atom. The maximum atomic E-state index is 2.46. The van der Waals surface area contributed by atoms with Crippen LogP contribution in [0.2, 0.25) is 0 Å². The Labute approximate surface area is 95.5 Å². The highest BCUT2D eigenvalue weighted by molar-refractivity contribution is 14.4. The van der Waals surface area contributed by atoms with E-state index in [0.717, 1.165) is 0 Å². The van der Waals surface area contributed by atoms with Crippen molar-refractivity contribution in [3.8, 4) is 0 Å². The summed E-state index contributed by atoms with van der Waals surface area (Å²) in [5.41, 5.74) is 0. The van der Waals surface area contributed by atoms with Crippen LogP contribution < -0.4 is 0 Å². The van der Waals surface area contributed by atoms with Crippen molar-refractivity contribution in [2.24, 2.45) is 0 Å². The van der Waals surface area contributed by atoms with Crippen LogP contribution >= 0.6 is 81.1 Å². The summed E-state index contributed by atoms with van der Waals surface area (Å²) in [4.78, 5) is 0. The van der Waals surface area contributed by atoms with E-state index in [1.807, 2.05) is 0 Å². The summed E-state index contributed by atoms with van der Waals surface area (Å²) in [6.07, 6.45) is 0. The predicted octanol–water partition coefficient (Wildman–Crippen LogP) is 2.25. The van der Waals surface area contributed by atoms with Crippen LogP contribution in [-0.4, -0.2) is 17.3 Å². The predicted molar refractivity (Wildman–Crippen MR) is 70.4 cm³/mol. The summed E-state index contributed by atoms with van der Waals surface area (Å²) >= 11 is 10.9. The molecule has 0 aromatic rings. The Morgan fingerprint density at radius 2 is 1.00 bits per heavy atom. The van der Waals surface area contributed by atoms with Gasteiger partial charge in [0.15, 0.2) is 0 Å². The highest BCUT2D eigenvalue weighted by atomic mass is 127. The van der Waals surface area contributed by atoms with E-state index in [2.05, 4.69) is 81.1 Å². The lowest BCUT2D eigenvalue weighted by molar-refractivity contribution is 5.41. The van der Waals surface area contributed by atoms with E-state index in [0.29, 0.717) is 0 Å². The summed E-state index contributed by atoms with van der Waals surface area (Å²) in [5, 5.41) is 0. The molecule has 36 valence electrons. The summed E-state index contributed by atoms with van der Waals surface area (Å²) in [5.74, 6) is 0. The van der Waals surface area contributed by atoms with Crippen molar-refractivity contribution in [2.45, 2.75) is 0 Å². The topological polar surface area (TPSA) is 0 Å². The zero-order valence-corrected chi connectivity index (χ0v) is 14.9. The van der Waals surface area contributed by atoms with Crippen LogP contribution in [0.5, 0.6) is 0 Å². The van der Waals surface area contributed by atoms with Crippen molar-refractivity contribution >= 4 is 98.4 Å². The molecule has 0 saturated carbocycles. The average molecular weight is 564 g/mol. The van der Waals surface area contributed by atoms with Gasteiger partial charge in [0.05, 0.1) is 0 Å². The molecule has 0 aromatic heterocycles. The Morgan fingerprint density at radius 1 is 1.00 bits per heavy atom. The van der Waals surface area contributed by atoms with Gasteiger partial charge in [-0.3, -0.25) is 0 Å². The molecule has 0 fully saturated rings. The lowest BCUT2D eigenvalue weighted by atomic mass is 27.0. The molecule has 0 rings (SSSR count). The molecule has 0 radical (unpaired) electrons. The van der Waals surface area contributed by atoms with Crippen LogP contribution in [0, 0.1) is 0 Å². The third kappa shape index (κ3) is 24.5. The fourth-order valence-electron chi connectivity index (χ4n) is 0. The molecule has 0 aliphatic carbocycles. The van der Waals surface area contributed by atoms with Gasteiger partial charge < -0.3 is 0 Å². The quantitative estimate of drug-likeness (QED) is 0.314. The number of hydrogen-bond donors (Lipinski definition) is 0. The van der Waals surface area contributed by atoms with E-state index in [4.69, 9.17) is 0 Å². The van der Waals surface area contributed by atoms with Gasteiger partial charge in [0, 0.05) is 0 Å². The molecular weight excluding hydrogens is 562 g/mol. The summed E-state index contributed by atoms with van der Waals surface area (Å²) < 4.78 is -0.229. The van der Waals surface area contributed by atoms with E-state index in [1.165, 1.54) is 13.0 Å². The minimum Gasteiger partial charge on any atom is -0.222 e. The van der Waals surface area contributed by atoms with E-state index in [1.54, 1.807) is 0 Å². The second-order valence-electron chi connectivity index (χ2n) is 0.247. The minimum absolute atomic E-state index is 0.229. The van der Waals surface area contributed by atoms with E-state index >= 15 is 0 Å². The summed E-state index contributed by atoms with van der Waals surface area (Å²) in [6, 6.07) is 0. The molecule has 0 aliphatic rings. The fraction of sp³-hybridized carbons (Fsp3) is 0. The van der Waals surface area contributed by atoms with Crippen molar-refractivity contribution in [2.75, 3.05) is 0 Å². The third-order valence-corrected chi connectivity index (χ3v) is 0. The van der Waals surface area contributed by atoms with Gasteiger partial charge in [-0.15, -0.1) is 0 Å². The SMILES string of the molecule is [AlH2][I].[I][Al]([I])[I]. The molecule has 0 aromatic carbocycles. The van der Waals surface area contributed by atoms with Gasteiger partial charge in [-0.1, -0.05) is 0 Å². The van der Waals surface area contributed by atoms with Crippen LogP contribution in [0.1, 0.15) is 0 Å². The first-order valence-corrected chi connectivity index (χ1v) is 20.8.